The molecule has 2 aromatic rings. The van der Waals surface area contributed by atoms with Gasteiger partial charge in [0.2, 0.25) is 0 Å². The molecule has 1 heterocycles. The number of methoxy groups -OCH3 is 1. The van der Waals surface area contributed by atoms with Gasteiger partial charge in [-0.15, -0.1) is 0 Å². The van der Waals surface area contributed by atoms with Crippen LogP contribution in [0.3, 0.4) is 0 Å². The molecule has 3 nitrogen and oxygen atoms in total. The third-order valence-corrected chi connectivity index (χ3v) is 4.72. The average Bonchev–Trinajstić information content (AvgIpc) is 2.68. The zero-order chi connectivity index (χ0) is 13.8. The molecule has 0 spiro atoms. The lowest BCUT2D eigenvalue weighted by Gasteiger charge is -2.51. The highest BCUT2D eigenvalue weighted by molar-refractivity contribution is 7.71. The van der Waals surface area contributed by atoms with Gasteiger partial charge in [-0.3, -0.25) is 0 Å². The lowest BCUT2D eigenvalue weighted by Crippen LogP contribution is -2.51. The molecule has 1 N–H and O–H groups in total. The van der Waals surface area contributed by atoms with Crippen LogP contribution in [0.4, 0.5) is 4.39 Å². The molecule has 3 rings (SSSR count). The van der Waals surface area contributed by atoms with E-state index in [0.29, 0.717) is 10.3 Å². The largest absolute Gasteiger partial charge is 0.381 e. The zero-order valence-corrected chi connectivity index (χ0v) is 12.1. The first-order valence-corrected chi connectivity index (χ1v) is 6.79. The SMILES string of the molecule is COC1CC(n2c(=S)[nH]c3c(F)cccc32)C1(C)C. The quantitative estimate of drug-likeness (QED) is 0.847. The molecule has 1 aromatic carbocycles. The van der Waals surface area contributed by atoms with Gasteiger partial charge < -0.3 is 14.3 Å². The van der Waals surface area contributed by atoms with E-state index in [-0.39, 0.29) is 23.4 Å². The van der Waals surface area contributed by atoms with E-state index < -0.39 is 0 Å². The van der Waals surface area contributed by atoms with Crippen molar-refractivity contribution >= 4 is 23.3 Å². The van der Waals surface area contributed by atoms with E-state index in [9.17, 15) is 4.39 Å². The smallest absolute Gasteiger partial charge is 0.178 e. The van der Waals surface area contributed by atoms with Crippen LogP contribution < -0.4 is 0 Å². The third kappa shape index (κ3) is 1.68. The van der Waals surface area contributed by atoms with Crippen molar-refractivity contribution in [1.82, 2.24) is 9.55 Å². The minimum atomic E-state index is -0.261. The van der Waals surface area contributed by atoms with E-state index in [2.05, 4.69) is 18.8 Å². The summed E-state index contributed by atoms with van der Waals surface area (Å²) < 4.78 is 21.9. The minimum Gasteiger partial charge on any atom is -0.381 e. The fraction of sp³-hybridized carbons (Fsp3) is 0.500. The lowest BCUT2D eigenvalue weighted by molar-refractivity contribution is -0.111. The zero-order valence-electron chi connectivity index (χ0n) is 11.2. The Labute approximate surface area is 116 Å². The summed E-state index contributed by atoms with van der Waals surface area (Å²) in [5.74, 6) is -0.261. The first-order chi connectivity index (χ1) is 8.96. The Morgan fingerprint density at radius 1 is 1.47 bits per heavy atom. The maximum Gasteiger partial charge on any atom is 0.178 e. The average molecular weight is 280 g/mol. The molecule has 1 saturated carbocycles. The van der Waals surface area contributed by atoms with Crippen LogP contribution in [0.1, 0.15) is 26.3 Å². The molecule has 0 bridgehead atoms. The van der Waals surface area contributed by atoms with Gasteiger partial charge in [0.1, 0.15) is 11.3 Å². The highest BCUT2D eigenvalue weighted by Crippen LogP contribution is 2.52. The van der Waals surface area contributed by atoms with Gasteiger partial charge in [0.15, 0.2) is 4.77 Å². The van der Waals surface area contributed by atoms with Gasteiger partial charge in [0.25, 0.3) is 0 Å². The summed E-state index contributed by atoms with van der Waals surface area (Å²) in [7, 11) is 1.73. The molecule has 1 aliphatic carbocycles. The summed E-state index contributed by atoms with van der Waals surface area (Å²) in [6.07, 6.45) is 1.12. The van der Waals surface area contributed by atoms with Gasteiger partial charge in [-0.1, -0.05) is 19.9 Å². The van der Waals surface area contributed by atoms with Crippen molar-refractivity contribution in [2.24, 2.45) is 5.41 Å². The number of halogens is 1. The van der Waals surface area contributed by atoms with E-state index >= 15 is 0 Å². The Balaban J connectivity index is 2.15. The molecule has 0 aliphatic heterocycles. The van der Waals surface area contributed by atoms with Crippen molar-refractivity contribution in [2.45, 2.75) is 32.4 Å². The van der Waals surface area contributed by atoms with Gasteiger partial charge in [-0.05, 0) is 30.8 Å². The molecule has 0 amide bonds. The number of para-hydroxylation sites is 1. The Morgan fingerprint density at radius 2 is 2.21 bits per heavy atom. The van der Waals surface area contributed by atoms with Crippen molar-refractivity contribution in [2.75, 3.05) is 7.11 Å². The van der Waals surface area contributed by atoms with Crippen LogP contribution in [0.5, 0.6) is 0 Å². The van der Waals surface area contributed by atoms with E-state index in [1.165, 1.54) is 6.07 Å². The number of ether oxygens (including phenoxy) is 1. The molecule has 1 fully saturated rings. The van der Waals surface area contributed by atoms with Gasteiger partial charge in [0.05, 0.1) is 11.6 Å². The van der Waals surface area contributed by atoms with Crippen LogP contribution in [-0.4, -0.2) is 22.8 Å². The Bertz CT molecular complexity index is 688. The molecule has 0 radical (unpaired) electrons. The van der Waals surface area contributed by atoms with Gasteiger partial charge in [-0.25, -0.2) is 4.39 Å². The predicted octanol–water partition coefficient (Wildman–Crippen LogP) is 3.82. The van der Waals surface area contributed by atoms with Crippen molar-refractivity contribution in [1.29, 1.82) is 0 Å². The van der Waals surface area contributed by atoms with E-state index in [4.69, 9.17) is 17.0 Å². The van der Waals surface area contributed by atoms with Gasteiger partial charge >= 0.3 is 0 Å². The highest BCUT2D eigenvalue weighted by Gasteiger charge is 2.50. The summed E-state index contributed by atoms with van der Waals surface area (Å²) >= 11 is 5.37. The predicted molar refractivity (Wildman–Crippen MR) is 75.3 cm³/mol. The van der Waals surface area contributed by atoms with Crippen LogP contribution in [0.15, 0.2) is 18.2 Å². The molecular weight excluding hydrogens is 263 g/mol. The van der Waals surface area contributed by atoms with Crippen molar-refractivity contribution in [3.8, 4) is 0 Å². The summed E-state index contributed by atoms with van der Waals surface area (Å²) in [6, 6.07) is 5.31. The van der Waals surface area contributed by atoms with E-state index in [0.717, 1.165) is 11.9 Å². The number of aromatic nitrogens is 2. The minimum absolute atomic E-state index is 0.00554. The van der Waals surface area contributed by atoms with Crippen LogP contribution in [0.25, 0.3) is 11.0 Å². The second kappa shape index (κ2) is 4.15. The molecule has 0 saturated heterocycles. The number of fused-ring (bicyclic) bond motifs is 1. The number of nitrogens with one attached hydrogen (secondary N) is 1. The molecule has 1 aromatic heterocycles. The topological polar surface area (TPSA) is 29.9 Å². The highest BCUT2D eigenvalue weighted by atomic mass is 32.1. The number of rotatable bonds is 2. The number of hydrogen-bond acceptors (Lipinski definition) is 2. The van der Waals surface area contributed by atoms with Gasteiger partial charge in [0, 0.05) is 18.6 Å². The summed E-state index contributed by atoms with van der Waals surface area (Å²) in [4.78, 5) is 2.98. The molecule has 5 heteroatoms. The molecular formula is C14H17FN2OS. The van der Waals surface area contributed by atoms with Crippen LogP contribution in [0, 0.1) is 16.0 Å². The van der Waals surface area contributed by atoms with Crippen molar-refractivity contribution in [3.63, 3.8) is 0 Å². The molecule has 102 valence electrons. The Hall–Kier alpha value is -1.20. The molecule has 1 aliphatic rings. The van der Waals surface area contributed by atoms with Gasteiger partial charge in [-0.2, -0.15) is 0 Å². The monoisotopic (exact) mass is 280 g/mol. The Kier molecular flexibility index (Phi) is 2.80. The fourth-order valence-corrected chi connectivity index (χ4v) is 3.45. The molecule has 2 unspecified atom stereocenters. The normalized spacial score (nSPS) is 25.5. The third-order valence-electron chi connectivity index (χ3n) is 4.42. The molecule has 2 atom stereocenters. The number of aromatic amines is 1. The number of imidazole rings is 1. The van der Waals surface area contributed by atoms with E-state index in [1.807, 2.05) is 10.6 Å². The van der Waals surface area contributed by atoms with Crippen molar-refractivity contribution in [3.05, 3.63) is 28.8 Å². The number of hydrogen-bond donors (Lipinski definition) is 1. The second-order valence-corrected chi connectivity index (χ2v) is 6.12. The number of nitrogens with zero attached hydrogens (tertiary/aromatic N) is 1. The van der Waals surface area contributed by atoms with E-state index in [1.54, 1.807) is 13.2 Å². The number of benzene rings is 1. The first kappa shape index (κ1) is 12.8. The van der Waals surface area contributed by atoms with Crippen LogP contribution in [-0.2, 0) is 4.74 Å². The van der Waals surface area contributed by atoms with Crippen molar-refractivity contribution < 1.29 is 9.13 Å². The fourth-order valence-electron chi connectivity index (χ4n) is 3.13. The number of H-pyrrole nitrogens is 1. The maximum absolute atomic E-state index is 13.8. The Morgan fingerprint density at radius 3 is 2.84 bits per heavy atom. The van der Waals surface area contributed by atoms with Crippen LogP contribution >= 0.6 is 12.2 Å². The first-order valence-electron chi connectivity index (χ1n) is 6.38. The van der Waals surface area contributed by atoms with Crippen LogP contribution in [0.2, 0.25) is 0 Å². The maximum atomic E-state index is 13.8. The standard InChI is InChI=1S/C14H17FN2OS/c1-14(2)10(7-11(14)18-3)17-9-6-4-5-8(15)12(9)16-13(17)19/h4-6,10-11H,7H2,1-3H3,(H,16,19). The summed E-state index contributed by atoms with van der Waals surface area (Å²) in [6.45, 7) is 4.32. The summed E-state index contributed by atoms with van der Waals surface area (Å²) in [5, 5.41) is 0. The lowest BCUT2D eigenvalue weighted by atomic mass is 9.64. The summed E-state index contributed by atoms with van der Waals surface area (Å²) in [5.41, 5.74) is 1.32. The second-order valence-electron chi connectivity index (χ2n) is 5.73. The molecule has 19 heavy (non-hydrogen) atoms.